The molecule has 1 aromatic rings. The Labute approximate surface area is 119 Å². The van der Waals surface area contributed by atoms with Crippen molar-refractivity contribution in [1.82, 2.24) is 5.43 Å². The molecule has 0 bridgehead atoms. The van der Waals surface area contributed by atoms with Crippen molar-refractivity contribution in [2.75, 3.05) is 5.32 Å². The van der Waals surface area contributed by atoms with Crippen LogP contribution >= 0.6 is 12.2 Å². The molecule has 0 heterocycles. The molecule has 1 aromatic carbocycles. The molecule has 0 aromatic heterocycles. The van der Waals surface area contributed by atoms with Gasteiger partial charge in [0.05, 0.1) is 5.69 Å². The van der Waals surface area contributed by atoms with Gasteiger partial charge in [-0.25, -0.2) is 4.39 Å². The zero-order valence-corrected chi connectivity index (χ0v) is 12.2. The van der Waals surface area contributed by atoms with E-state index in [1.807, 2.05) is 0 Å². The lowest BCUT2D eigenvalue weighted by atomic mass is 10.1. The number of hydrogen-bond acceptors (Lipinski definition) is 2. The van der Waals surface area contributed by atoms with Gasteiger partial charge < -0.3 is 5.32 Å². The van der Waals surface area contributed by atoms with Gasteiger partial charge in [0.25, 0.3) is 0 Å². The lowest BCUT2D eigenvalue weighted by Crippen LogP contribution is -2.25. The maximum Gasteiger partial charge on any atom is 0.191 e. The highest BCUT2D eigenvalue weighted by molar-refractivity contribution is 7.80. The predicted molar refractivity (Wildman–Crippen MR) is 83.0 cm³/mol. The number of anilines is 1. The number of nitrogens with zero attached hydrogens (tertiary/aromatic N) is 1. The van der Waals surface area contributed by atoms with Gasteiger partial charge in [-0.15, -0.1) is 0 Å². The van der Waals surface area contributed by atoms with E-state index in [2.05, 4.69) is 29.7 Å². The second-order valence-electron chi connectivity index (χ2n) is 4.22. The second-order valence-corrected chi connectivity index (χ2v) is 4.63. The summed E-state index contributed by atoms with van der Waals surface area (Å²) >= 11 is 5.09. The van der Waals surface area contributed by atoms with Crippen molar-refractivity contribution in [1.29, 1.82) is 0 Å². The normalized spacial score (nSPS) is 9.84. The molecule has 0 aliphatic rings. The monoisotopic (exact) mass is 281 g/mol. The lowest BCUT2D eigenvalue weighted by Gasteiger charge is -2.09. The van der Waals surface area contributed by atoms with E-state index < -0.39 is 0 Å². The Kier molecular flexibility index (Phi) is 7.03. The average molecular weight is 281 g/mol. The van der Waals surface area contributed by atoms with Crippen molar-refractivity contribution in [3.05, 3.63) is 30.1 Å². The molecule has 5 heteroatoms. The van der Waals surface area contributed by atoms with Crippen LogP contribution in [0.2, 0.25) is 0 Å². The molecular formula is C14H20FN3S. The van der Waals surface area contributed by atoms with Crippen LogP contribution in [-0.4, -0.2) is 10.8 Å². The largest absolute Gasteiger partial charge is 0.329 e. The molecule has 2 N–H and O–H groups in total. The number of halogens is 1. The number of benzene rings is 1. The van der Waals surface area contributed by atoms with Gasteiger partial charge in [-0.1, -0.05) is 38.8 Å². The fourth-order valence-corrected chi connectivity index (χ4v) is 1.81. The molecule has 0 radical (unpaired) electrons. The summed E-state index contributed by atoms with van der Waals surface area (Å²) in [6.07, 6.45) is 3.99. The lowest BCUT2D eigenvalue weighted by molar-refractivity contribution is 0.632. The minimum atomic E-state index is -0.335. The van der Waals surface area contributed by atoms with Crippen LogP contribution in [0.4, 0.5) is 10.1 Å². The van der Waals surface area contributed by atoms with Crippen molar-refractivity contribution in [2.24, 2.45) is 5.10 Å². The van der Waals surface area contributed by atoms with Gasteiger partial charge in [0.2, 0.25) is 0 Å². The number of hydrazone groups is 1. The topological polar surface area (TPSA) is 36.4 Å². The van der Waals surface area contributed by atoms with E-state index in [4.69, 9.17) is 12.2 Å². The number of thiocarbonyl (C=S) groups is 1. The molecule has 0 saturated heterocycles. The Balaban J connectivity index is 2.55. The molecule has 104 valence electrons. The van der Waals surface area contributed by atoms with Crippen LogP contribution in [0, 0.1) is 5.82 Å². The molecule has 0 aliphatic carbocycles. The highest BCUT2D eigenvalue weighted by Crippen LogP contribution is 2.11. The fourth-order valence-electron chi connectivity index (χ4n) is 1.66. The number of hydrogen-bond donors (Lipinski definition) is 2. The third-order valence-corrected chi connectivity index (χ3v) is 2.71. The molecule has 3 nitrogen and oxygen atoms in total. The minimum absolute atomic E-state index is 0.301. The van der Waals surface area contributed by atoms with Crippen LogP contribution in [0.5, 0.6) is 0 Å². The maximum atomic E-state index is 13.4. The van der Waals surface area contributed by atoms with Crippen molar-refractivity contribution in [3.63, 3.8) is 0 Å². The van der Waals surface area contributed by atoms with Gasteiger partial charge in [0.1, 0.15) is 5.82 Å². The van der Waals surface area contributed by atoms with Crippen molar-refractivity contribution in [3.8, 4) is 0 Å². The van der Waals surface area contributed by atoms with Crippen LogP contribution in [0.25, 0.3) is 0 Å². The van der Waals surface area contributed by atoms with Crippen LogP contribution < -0.4 is 10.7 Å². The Morgan fingerprint density at radius 2 is 1.84 bits per heavy atom. The van der Waals surface area contributed by atoms with E-state index in [-0.39, 0.29) is 5.82 Å². The molecular weight excluding hydrogens is 261 g/mol. The molecule has 0 spiro atoms. The first-order valence-electron chi connectivity index (χ1n) is 6.54. The van der Waals surface area contributed by atoms with Gasteiger partial charge in [0.15, 0.2) is 5.11 Å². The van der Waals surface area contributed by atoms with E-state index in [1.165, 1.54) is 6.07 Å². The summed E-state index contributed by atoms with van der Waals surface area (Å²) in [4.78, 5) is 0. The summed E-state index contributed by atoms with van der Waals surface area (Å²) in [5.41, 5.74) is 4.21. The summed E-state index contributed by atoms with van der Waals surface area (Å²) in [5, 5.41) is 7.36. The Bertz CT molecular complexity index is 438. The molecule has 0 atom stereocenters. The Hall–Kier alpha value is -1.49. The smallest absolute Gasteiger partial charge is 0.191 e. The quantitative estimate of drug-likeness (QED) is 0.469. The minimum Gasteiger partial charge on any atom is -0.329 e. The highest BCUT2D eigenvalue weighted by Gasteiger charge is 2.02. The van der Waals surface area contributed by atoms with Crippen LogP contribution in [-0.2, 0) is 0 Å². The first-order chi connectivity index (χ1) is 9.17. The second kappa shape index (κ2) is 8.58. The molecule has 0 aliphatic heterocycles. The van der Waals surface area contributed by atoms with Gasteiger partial charge >= 0.3 is 0 Å². The standard InChI is InChI=1S/C14H20FN3S/c1-3-7-11(8-4-2)17-18-14(19)16-13-10-6-5-9-12(13)15/h5-6,9-10H,3-4,7-8H2,1-2H3,(H2,16,18,19). The number of rotatable bonds is 6. The average Bonchev–Trinajstić information content (AvgIpc) is 2.39. The Morgan fingerprint density at radius 3 is 2.42 bits per heavy atom. The fraction of sp³-hybridized carbons (Fsp3) is 0.429. The highest BCUT2D eigenvalue weighted by atomic mass is 32.1. The zero-order chi connectivity index (χ0) is 14.1. The molecule has 0 amide bonds. The summed E-state index contributed by atoms with van der Waals surface area (Å²) in [5.74, 6) is -0.335. The SMILES string of the molecule is CCCC(CCC)=NNC(=S)Nc1ccccc1F. The molecule has 1 rings (SSSR count). The molecule has 0 unspecified atom stereocenters. The summed E-state index contributed by atoms with van der Waals surface area (Å²) in [7, 11) is 0. The third-order valence-electron chi connectivity index (χ3n) is 2.51. The van der Waals surface area contributed by atoms with E-state index in [1.54, 1.807) is 18.2 Å². The summed E-state index contributed by atoms with van der Waals surface area (Å²) in [6.45, 7) is 4.22. The van der Waals surface area contributed by atoms with Crippen LogP contribution in [0.3, 0.4) is 0 Å². The van der Waals surface area contributed by atoms with Gasteiger partial charge in [-0.3, -0.25) is 5.43 Å². The number of para-hydroxylation sites is 1. The van der Waals surface area contributed by atoms with E-state index in [9.17, 15) is 4.39 Å². The first-order valence-corrected chi connectivity index (χ1v) is 6.95. The molecule has 0 saturated carbocycles. The van der Waals surface area contributed by atoms with Gasteiger partial charge in [-0.2, -0.15) is 5.10 Å². The predicted octanol–water partition coefficient (Wildman–Crippen LogP) is 4.07. The first kappa shape index (κ1) is 15.6. The third kappa shape index (κ3) is 5.79. The van der Waals surface area contributed by atoms with Crippen LogP contribution in [0.1, 0.15) is 39.5 Å². The number of nitrogens with one attached hydrogen (secondary N) is 2. The molecule has 0 fully saturated rings. The Morgan fingerprint density at radius 1 is 1.21 bits per heavy atom. The zero-order valence-electron chi connectivity index (χ0n) is 11.4. The van der Waals surface area contributed by atoms with Crippen LogP contribution in [0.15, 0.2) is 29.4 Å². The van der Waals surface area contributed by atoms with E-state index >= 15 is 0 Å². The van der Waals surface area contributed by atoms with E-state index in [0.29, 0.717) is 10.8 Å². The van der Waals surface area contributed by atoms with Crippen molar-refractivity contribution in [2.45, 2.75) is 39.5 Å². The van der Waals surface area contributed by atoms with Crippen molar-refractivity contribution < 1.29 is 4.39 Å². The van der Waals surface area contributed by atoms with Crippen molar-refractivity contribution >= 4 is 28.7 Å². The maximum absolute atomic E-state index is 13.4. The summed E-state index contributed by atoms with van der Waals surface area (Å²) in [6, 6.07) is 6.40. The van der Waals surface area contributed by atoms with E-state index in [0.717, 1.165) is 31.4 Å². The van der Waals surface area contributed by atoms with Gasteiger partial charge in [0, 0.05) is 5.71 Å². The summed E-state index contributed by atoms with van der Waals surface area (Å²) < 4.78 is 13.4. The molecule has 19 heavy (non-hydrogen) atoms. The van der Waals surface area contributed by atoms with Gasteiger partial charge in [-0.05, 0) is 37.2 Å².